The molecule has 0 atom stereocenters. The van der Waals surface area contributed by atoms with Crippen LogP contribution in [0.4, 0.5) is 4.39 Å². The molecule has 21 heavy (non-hydrogen) atoms. The van der Waals surface area contributed by atoms with Gasteiger partial charge in [0.25, 0.3) is 0 Å². The summed E-state index contributed by atoms with van der Waals surface area (Å²) in [6.07, 6.45) is 1.08. The molecular weight excluding hydrogens is 289 g/mol. The second-order valence-corrected chi connectivity index (χ2v) is 5.37. The largest absolute Gasteiger partial charge is 0.455 e. The maximum absolute atomic E-state index is 13.1. The van der Waals surface area contributed by atoms with E-state index in [1.54, 1.807) is 6.07 Å². The van der Waals surface area contributed by atoms with Crippen molar-refractivity contribution in [1.82, 2.24) is 5.32 Å². The third-order valence-corrected chi connectivity index (χ3v) is 3.37. The van der Waals surface area contributed by atoms with Gasteiger partial charge in [-0.3, -0.25) is 0 Å². The van der Waals surface area contributed by atoms with Gasteiger partial charge in [0, 0.05) is 12.1 Å². The molecule has 0 spiro atoms. The summed E-state index contributed by atoms with van der Waals surface area (Å²) >= 11 is 6.01. The molecule has 0 aliphatic carbocycles. The highest BCUT2D eigenvalue weighted by Crippen LogP contribution is 2.32. The minimum Gasteiger partial charge on any atom is -0.455 e. The molecular formula is C17H19ClFNO. The number of aryl methyl sites for hydroxylation is 1. The quantitative estimate of drug-likeness (QED) is 0.751. The van der Waals surface area contributed by atoms with Crippen molar-refractivity contribution in [2.45, 2.75) is 26.8 Å². The zero-order valence-electron chi connectivity index (χ0n) is 12.2. The Labute approximate surface area is 129 Å². The molecule has 112 valence electrons. The van der Waals surface area contributed by atoms with Gasteiger partial charge in [0.15, 0.2) is 0 Å². The van der Waals surface area contributed by atoms with Crippen LogP contribution in [0.5, 0.6) is 11.5 Å². The third-order valence-electron chi connectivity index (χ3n) is 3.07. The Hall–Kier alpha value is -1.58. The van der Waals surface area contributed by atoms with Gasteiger partial charge in [-0.05, 0) is 44.2 Å². The zero-order chi connectivity index (χ0) is 15.2. The monoisotopic (exact) mass is 307 g/mol. The van der Waals surface area contributed by atoms with Crippen molar-refractivity contribution in [2.24, 2.45) is 0 Å². The summed E-state index contributed by atoms with van der Waals surface area (Å²) in [6.45, 7) is 5.84. The van der Waals surface area contributed by atoms with Gasteiger partial charge in [0.2, 0.25) is 0 Å². The minimum absolute atomic E-state index is 0.267. The molecule has 0 aliphatic rings. The smallest absolute Gasteiger partial charge is 0.146 e. The Morgan fingerprint density at radius 3 is 2.62 bits per heavy atom. The van der Waals surface area contributed by atoms with Gasteiger partial charge in [0.05, 0.1) is 5.02 Å². The summed E-state index contributed by atoms with van der Waals surface area (Å²) in [5.74, 6) is 0.817. The molecule has 0 aromatic heterocycles. The van der Waals surface area contributed by atoms with E-state index in [2.05, 4.69) is 18.3 Å². The number of nitrogens with one attached hydrogen (secondary N) is 1. The first-order valence-corrected chi connectivity index (χ1v) is 7.41. The van der Waals surface area contributed by atoms with Crippen molar-refractivity contribution in [2.75, 3.05) is 6.54 Å². The van der Waals surface area contributed by atoms with Crippen molar-refractivity contribution in [3.8, 4) is 11.5 Å². The van der Waals surface area contributed by atoms with Crippen LogP contribution in [0.2, 0.25) is 5.02 Å². The molecule has 0 amide bonds. The summed E-state index contributed by atoms with van der Waals surface area (Å²) in [7, 11) is 0. The Kier molecular flexibility index (Phi) is 5.59. The van der Waals surface area contributed by atoms with Crippen LogP contribution in [0.15, 0.2) is 36.4 Å². The molecule has 0 heterocycles. The Morgan fingerprint density at radius 2 is 1.90 bits per heavy atom. The molecule has 0 saturated carbocycles. The molecule has 0 radical (unpaired) electrons. The van der Waals surface area contributed by atoms with Crippen LogP contribution in [-0.2, 0) is 6.54 Å². The summed E-state index contributed by atoms with van der Waals surface area (Å²) < 4.78 is 18.9. The van der Waals surface area contributed by atoms with Crippen LogP contribution in [0, 0.1) is 12.7 Å². The van der Waals surface area contributed by atoms with Gasteiger partial charge >= 0.3 is 0 Å². The first-order chi connectivity index (χ1) is 10.1. The van der Waals surface area contributed by atoms with Crippen molar-refractivity contribution in [3.05, 3.63) is 58.4 Å². The Balaban J connectivity index is 2.22. The van der Waals surface area contributed by atoms with E-state index < -0.39 is 0 Å². The maximum Gasteiger partial charge on any atom is 0.146 e. The molecule has 0 saturated heterocycles. The van der Waals surface area contributed by atoms with Gasteiger partial charge in [-0.1, -0.05) is 36.2 Å². The number of halogens is 2. The molecule has 1 N–H and O–H groups in total. The Bertz CT molecular complexity index is 616. The summed E-state index contributed by atoms with van der Waals surface area (Å²) in [4.78, 5) is 0. The molecule has 0 aliphatic heterocycles. The van der Waals surface area contributed by atoms with Gasteiger partial charge in [0.1, 0.15) is 17.3 Å². The van der Waals surface area contributed by atoms with E-state index in [0.29, 0.717) is 5.75 Å². The lowest BCUT2D eigenvalue weighted by Gasteiger charge is -2.13. The summed E-state index contributed by atoms with van der Waals surface area (Å²) in [5.41, 5.74) is 2.23. The van der Waals surface area contributed by atoms with E-state index in [1.165, 1.54) is 17.7 Å². The molecule has 2 aromatic carbocycles. The van der Waals surface area contributed by atoms with Crippen LogP contribution >= 0.6 is 11.6 Å². The number of ether oxygens (including phenoxy) is 1. The summed E-state index contributed by atoms with van der Waals surface area (Å²) in [5, 5.41) is 3.62. The number of rotatable bonds is 6. The van der Waals surface area contributed by atoms with E-state index in [9.17, 15) is 4.39 Å². The normalized spacial score (nSPS) is 10.7. The molecule has 2 aromatic rings. The van der Waals surface area contributed by atoms with E-state index in [0.717, 1.165) is 30.8 Å². The first-order valence-electron chi connectivity index (χ1n) is 7.03. The SMILES string of the molecule is CCCNCc1cc(C)ccc1Oc1ccc(F)cc1Cl. The average molecular weight is 308 g/mol. The van der Waals surface area contributed by atoms with E-state index in [-0.39, 0.29) is 10.8 Å². The second kappa shape index (κ2) is 7.43. The predicted octanol–water partition coefficient (Wildman–Crippen LogP) is 5.08. The van der Waals surface area contributed by atoms with Crippen molar-refractivity contribution in [3.63, 3.8) is 0 Å². The van der Waals surface area contributed by atoms with E-state index in [1.807, 2.05) is 19.1 Å². The Morgan fingerprint density at radius 1 is 1.14 bits per heavy atom. The van der Waals surface area contributed by atoms with Gasteiger partial charge < -0.3 is 10.1 Å². The van der Waals surface area contributed by atoms with Gasteiger partial charge in [-0.15, -0.1) is 0 Å². The highest BCUT2D eigenvalue weighted by atomic mass is 35.5. The second-order valence-electron chi connectivity index (χ2n) is 4.96. The van der Waals surface area contributed by atoms with Crippen LogP contribution in [0.25, 0.3) is 0 Å². The number of hydrogen-bond donors (Lipinski definition) is 1. The predicted molar refractivity (Wildman–Crippen MR) is 84.7 cm³/mol. The molecule has 0 unspecified atom stereocenters. The summed E-state index contributed by atoms with van der Waals surface area (Å²) in [6, 6.07) is 10.1. The fourth-order valence-corrected chi connectivity index (χ4v) is 2.23. The van der Waals surface area contributed by atoms with Crippen molar-refractivity contribution < 1.29 is 9.13 Å². The van der Waals surface area contributed by atoms with Gasteiger partial charge in [-0.25, -0.2) is 4.39 Å². The van der Waals surface area contributed by atoms with Crippen LogP contribution in [-0.4, -0.2) is 6.54 Å². The fraction of sp³-hybridized carbons (Fsp3) is 0.294. The van der Waals surface area contributed by atoms with Crippen LogP contribution < -0.4 is 10.1 Å². The van der Waals surface area contributed by atoms with Crippen molar-refractivity contribution in [1.29, 1.82) is 0 Å². The highest BCUT2D eigenvalue weighted by Gasteiger charge is 2.09. The lowest BCUT2D eigenvalue weighted by atomic mass is 10.1. The molecule has 0 fully saturated rings. The van der Waals surface area contributed by atoms with Crippen LogP contribution in [0.3, 0.4) is 0 Å². The minimum atomic E-state index is -0.374. The maximum atomic E-state index is 13.1. The fourth-order valence-electron chi connectivity index (χ4n) is 2.02. The topological polar surface area (TPSA) is 21.3 Å². The van der Waals surface area contributed by atoms with E-state index >= 15 is 0 Å². The molecule has 4 heteroatoms. The molecule has 0 bridgehead atoms. The van der Waals surface area contributed by atoms with Crippen molar-refractivity contribution >= 4 is 11.6 Å². The zero-order valence-corrected chi connectivity index (χ0v) is 13.0. The van der Waals surface area contributed by atoms with E-state index in [4.69, 9.17) is 16.3 Å². The molecule has 2 nitrogen and oxygen atoms in total. The first kappa shape index (κ1) is 15.8. The standard InChI is InChI=1S/C17H19ClFNO/c1-3-8-20-11-13-9-12(2)4-6-16(13)21-17-7-5-14(19)10-15(17)18/h4-7,9-10,20H,3,8,11H2,1-2H3. The molecule has 2 rings (SSSR count). The lowest BCUT2D eigenvalue weighted by molar-refractivity contribution is 0.471. The highest BCUT2D eigenvalue weighted by molar-refractivity contribution is 6.32. The number of benzene rings is 2. The third kappa shape index (κ3) is 4.45. The average Bonchev–Trinajstić information content (AvgIpc) is 2.44. The number of hydrogen-bond acceptors (Lipinski definition) is 2. The van der Waals surface area contributed by atoms with Crippen LogP contribution in [0.1, 0.15) is 24.5 Å². The van der Waals surface area contributed by atoms with Gasteiger partial charge in [-0.2, -0.15) is 0 Å². The lowest BCUT2D eigenvalue weighted by Crippen LogP contribution is -2.14.